The van der Waals surface area contributed by atoms with Crippen molar-refractivity contribution in [3.05, 3.63) is 83.0 Å². The minimum absolute atomic E-state index is 0.133. The summed E-state index contributed by atoms with van der Waals surface area (Å²) in [4.78, 5) is 19.4. The number of carbonyl (C=O) groups is 1. The summed E-state index contributed by atoms with van der Waals surface area (Å²) in [6.45, 7) is 1.80. The lowest BCUT2D eigenvalue weighted by Crippen LogP contribution is -2.31. The van der Waals surface area contributed by atoms with Gasteiger partial charge >= 0.3 is 0 Å². The highest BCUT2D eigenvalue weighted by atomic mass is 35.5. The van der Waals surface area contributed by atoms with E-state index in [4.69, 9.17) is 16.6 Å². The molecule has 0 bridgehead atoms. The highest BCUT2D eigenvalue weighted by Gasteiger charge is 2.18. The van der Waals surface area contributed by atoms with Gasteiger partial charge in [0.05, 0.1) is 5.56 Å². The third kappa shape index (κ3) is 5.27. The Hall–Kier alpha value is -3.55. The summed E-state index contributed by atoms with van der Waals surface area (Å²) < 4.78 is 1.84. The Labute approximate surface area is 197 Å². The molecule has 170 valence electrons. The number of benzene rings is 2. The summed E-state index contributed by atoms with van der Waals surface area (Å²) in [5.41, 5.74) is 3.38. The van der Waals surface area contributed by atoms with E-state index in [9.17, 15) is 9.90 Å². The van der Waals surface area contributed by atoms with Crippen molar-refractivity contribution in [1.82, 2.24) is 19.6 Å². The first kappa shape index (κ1) is 22.6. The highest BCUT2D eigenvalue weighted by molar-refractivity contribution is 6.30. The van der Waals surface area contributed by atoms with Crippen LogP contribution in [0, 0.1) is 0 Å². The first-order valence-electron chi connectivity index (χ1n) is 10.6. The number of phenolic OH excluding ortho intramolecular Hbond substituents is 1. The van der Waals surface area contributed by atoms with Crippen LogP contribution in [-0.4, -0.2) is 52.5 Å². The smallest absolute Gasteiger partial charge is 0.252 e. The second-order valence-electron chi connectivity index (χ2n) is 8.01. The summed E-state index contributed by atoms with van der Waals surface area (Å²) >= 11 is 6.14. The van der Waals surface area contributed by atoms with Crippen molar-refractivity contribution in [3.63, 3.8) is 0 Å². The van der Waals surface area contributed by atoms with Gasteiger partial charge in [0.25, 0.3) is 5.91 Å². The van der Waals surface area contributed by atoms with Gasteiger partial charge in [-0.1, -0.05) is 35.9 Å². The number of pyridine rings is 1. The number of amides is 1. The minimum Gasteiger partial charge on any atom is -0.507 e. The van der Waals surface area contributed by atoms with E-state index in [1.165, 1.54) is 0 Å². The number of nitrogens with one attached hydrogen (secondary N) is 2. The molecule has 0 saturated heterocycles. The number of carbonyl (C=O) groups excluding carboxylic acids is 1. The lowest BCUT2D eigenvalue weighted by molar-refractivity contribution is 0.0950. The predicted molar refractivity (Wildman–Crippen MR) is 132 cm³/mol. The molecule has 4 rings (SSSR count). The van der Waals surface area contributed by atoms with Crippen LogP contribution in [-0.2, 0) is 6.54 Å². The van der Waals surface area contributed by atoms with Crippen LogP contribution < -0.4 is 10.6 Å². The summed E-state index contributed by atoms with van der Waals surface area (Å²) in [5, 5.41) is 17.5. The van der Waals surface area contributed by atoms with Gasteiger partial charge in [-0.3, -0.25) is 9.20 Å². The zero-order chi connectivity index (χ0) is 23.4. The normalized spacial score (nSPS) is 11.2. The lowest BCUT2D eigenvalue weighted by atomic mass is 10.1. The summed E-state index contributed by atoms with van der Waals surface area (Å²) in [5.74, 6) is 0.653. The van der Waals surface area contributed by atoms with E-state index in [1.807, 2.05) is 59.8 Å². The first-order valence-corrected chi connectivity index (χ1v) is 11.0. The molecule has 0 saturated carbocycles. The van der Waals surface area contributed by atoms with Crippen molar-refractivity contribution in [1.29, 1.82) is 0 Å². The molecule has 0 aliphatic rings. The third-order valence-corrected chi connectivity index (χ3v) is 5.47. The number of hydrogen-bond acceptors (Lipinski definition) is 5. The zero-order valence-corrected chi connectivity index (χ0v) is 19.3. The Morgan fingerprint density at radius 2 is 1.94 bits per heavy atom. The zero-order valence-electron chi connectivity index (χ0n) is 18.5. The standard InChI is InChI=1S/C25H26ClN5O2/c1-30(2)13-12-27-25(33)18-10-11-22-29-23(20-8-3-4-9-21(20)32)24(31(22)16-18)28-15-17-6-5-7-19(26)14-17/h3-11,14,16,28,32H,12-13,15H2,1-2H3,(H,27,33). The number of hydrogen-bond donors (Lipinski definition) is 3. The van der Waals surface area contributed by atoms with Crippen LogP contribution in [0.1, 0.15) is 15.9 Å². The second-order valence-corrected chi connectivity index (χ2v) is 8.45. The highest BCUT2D eigenvalue weighted by Crippen LogP contribution is 2.35. The van der Waals surface area contributed by atoms with Gasteiger partial charge in [0.2, 0.25) is 0 Å². The number of halogens is 1. The second kappa shape index (κ2) is 9.94. The Morgan fingerprint density at radius 3 is 2.70 bits per heavy atom. The molecule has 3 N–H and O–H groups in total. The number of para-hydroxylation sites is 1. The molecule has 4 aromatic rings. The van der Waals surface area contributed by atoms with Crippen molar-refractivity contribution < 1.29 is 9.90 Å². The number of imidazole rings is 1. The molecule has 2 aromatic carbocycles. The maximum Gasteiger partial charge on any atom is 0.252 e. The Kier molecular flexibility index (Phi) is 6.82. The Balaban J connectivity index is 1.72. The molecule has 0 aliphatic heterocycles. The van der Waals surface area contributed by atoms with Crippen molar-refractivity contribution in [2.45, 2.75) is 6.54 Å². The van der Waals surface area contributed by atoms with Crippen LogP contribution in [0.3, 0.4) is 0 Å². The van der Waals surface area contributed by atoms with Crippen molar-refractivity contribution in [3.8, 4) is 17.0 Å². The molecule has 33 heavy (non-hydrogen) atoms. The number of nitrogens with zero attached hydrogens (tertiary/aromatic N) is 3. The number of rotatable bonds is 8. The third-order valence-electron chi connectivity index (χ3n) is 5.23. The SMILES string of the molecule is CN(C)CCNC(=O)c1ccc2nc(-c3ccccc3O)c(NCc3cccc(Cl)c3)n2c1. The van der Waals surface area contributed by atoms with Crippen LogP contribution in [0.5, 0.6) is 5.75 Å². The quantitative estimate of drug-likeness (QED) is 0.363. The largest absolute Gasteiger partial charge is 0.507 e. The Bertz CT molecular complexity index is 1290. The number of fused-ring (bicyclic) bond motifs is 1. The average Bonchev–Trinajstić information content (AvgIpc) is 3.15. The number of aromatic hydroxyl groups is 1. The number of anilines is 1. The number of phenols is 1. The fourth-order valence-corrected chi connectivity index (χ4v) is 3.75. The van der Waals surface area contributed by atoms with E-state index in [1.54, 1.807) is 30.5 Å². The molecule has 8 heteroatoms. The molecule has 0 fully saturated rings. The summed E-state index contributed by atoms with van der Waals surface area (Å²) in [7, 11) is 3.92. The van der Waals surface area contributed by atoms with Gasteiger partial charge in [-0.25, -0.2) is 4.98 Å². The fourth-order valence-electron chi connectivity index (χ4n) is 3.54. The molecule has 0 unspecified atom stereocenters. The first-order chi connectivity index (χ1) is 15.9. The molecule has 1 amide bonds. The van der Waals surface area contributed by atoms with E-state index in [-0.39, 0.29) is 11.7 Å². The maximum atomic E-state index is 12.7. The predicted octanol–water partition coefficient (Wildman–Crippen LogP) is 4.26. The van der Waals surface area contributed by atoms with E-state index in [0.717, 1.165) is 12.1 Å². The van der Waals surface area contributed by atoms with Gasteiger partial charge in [-0.2, -0.15) is 0 Å². The molecular weight excluding hydrogens is 438 g/mol. The van der Waals surface area contributed by atoms with Crippen LogP contribution in [0.15, 0.2) is 66.9 Å². The Morgan fingerprint density at radius 1 is 1.12 bits per heavy atom. The molecule has 0 atom stereocenters. The molecular formula is C25H26ClN5O2. The molecule has 0 radical (unpaired) electrons. The van der Waals surface area contributed by atoms with E-state index in [0.29, 0.717) is 46.4 Å². The number of likely N-dealkylation sites (N-methyl/N-ethyl adjacent to an activating group) is 1. The molecule has 0 aliphatic carbocycles. The van der Waals surface area contributed by atoms with Gasteiger partial charge in [0.1, 0.15) is 22.9 Å². The van der Waals surface area contributed by atoms with Crippen molar-refractivity contribution in [2.75, 3.05) is 32.5 Å². The van der Waals surface area contributed by atoms with Gasteiger partial charge in [-0.05, 0) is 56.1 Å². The van der Waals surface area contributed by atoms with Gasteiger partial charge < -0.3 is 20.6 Å². The monoisotopic (exact) mass is 463 g/mol. The van der Waals surface area contributed by atoms with Crippen LogP contribution in [0.2, 0.25) is 5.02 Å². The van der Waals surface area contributed by atoms with Crippen molar-refractivity contribution >= 4 is 29.0 Å². The van der Waals surface area contributed by atoms with Gasteiger partial charge in [0.15, 0.2) is 0 Å². The molecule has 2 aromatic heterocycles. The van der Waals surface area contributed by atoms with Gasteiger partial charge in [-0.15, -0.1) is 0 Å². The van der Waals surface area contributed by atoms with Crippen molar-refractivity contribution in [2.24, 2.45) is 0 Å². The van der Waals surface area contributed by atoms with Crippen LogP contribution in [0.25, 0.3) is 16.9 Å². The maximum absolute atomic E-state index is 12.7. The molecule has 7 nitrogen and oxygen atoms in total. The topological polar surface area (TPSA) is 81.9 Å². The van der Waals surface area contributed by atoms with Gasteiger partial charge in [0, 0.05) is 36.4 Å². The number of aromatic nitrogens is 2. The van der Waals surface area contributed by atoms with E-state index < -0.39 is 0 Å². The summed E-state index contributed by atoms with van der Waals surface area (Å²) in [6.07, 6.45) is 1.76. The summed E-state index contributed by atoms with van der Waals surface area (Å²) in [6, 6.07) is 18.2. The lowest BCUT2D eigenvalue weighted by Gasteiger charge is -2.12. The van der Waals surface area contributed by atoms with E-state index >= 15 is 0 Å². The minimum atomic E-state index is -0.155. The molecule has 0 spiro atoms. The molecule has 2 heterocycles. The average molecular weight is 464 g/mol. The van der Waals surface area contributed by atoms with Crippen LogP contribution >= 0.6 is 11.6 Å². The van der Waals surface area contributed by atoms with Crippen LogP contribution in [0.4, 0.5) is 5.82 Å². The van der Waals surface area contributed by atoms with E-state index in [2.05, 4.69) is 10.6 Å². The fraction of sp³-hybridized carbons (Fsp3) is 0.200.